The summed E-state index contributed by atoms with van der Waals surface area (Å²) in [5, 5.41) is 5.06. The smallest absolute Gasteiger partial charge is 0.0782 e. The van der Waals surface area contributed by atoms with Gasteiger partial charge in [-0.25, -0.2) is 0 Å². The topological polar surface area (TPSA) is 9.86 Å². The predicted molar refractivity (Wildman–Crippen MR) is 161 cm³/mol. The molecule has 2 aromatic heterocycles. The van der Waals surface area contributed by atoms with E-state index in [2.05, 4.69) is 155 Å². The fourth-order valence-corrected chi connectivity index (χ4v) is 6.06. The standard InChI is InChI=1S/C36H24N2/c1-2-11-25(12-3-1)26-21-23-27(24-22-26)37-32-17-7-6-15-30(32)31-16-10-20-35(36(31)37)38-33-18-8-4-13-28(33)29-14-5-9-19-34(29)38/h1-24H. The third-order valence-corrected chi connectivity index (χ3v) is 7.73. The minimum atomic E-state index is 1.16. The summed E-state index contributed by atoms with van der Waals surface area (Å²) in [6, 6.07) is 52.4. The maximum Gasteiger partial charge on any atom is 0.0782 e. The maximum atomic E-state index is 2.43. The van der Waals surface area contributed by atoms with E-state index in [0.717, 1.165) is 5.69 Å². The Kier molecular flexibility index (Phi) is 4.55. The third kappa shape index (κ3) is 3.01. The van der Waals surface area contributed by atoms with Crippen LogP contribution in [0.1, 0.15) is 0 Å². The average Bonchev–Trinajstić information content (AvgIpc) is 3.51. The van der Waals surface area contributed by atoms with Gasteiger partial charge in [0.25, 0.3) is 0 Å². The van der Waals surface area contributed by atoms with Gasteiger partial charge in [-0.1, -0.05) is 109 Å². The monoisotopic (exact) mass is 484 g/mol. The zero-order valence-corrected chi connectivity index (χ0v) is 20.8. The Labute approximate surface area is 220 Å². The molecule has 2 heterocycles. The van der Waals surface area contributed by atoms with Crippen LogP contribution in [0.25, 0.3) is 66.1 Å². The van der Waals surface area contributed by atoms with Gasteiger partial charge in [-0.05, 0) is 47.5 Å². The second-order valence-electron chi connectivity index (χ2n) is 9.81. The second kappa shape index (κ2) is 8.22. The van der Waals surface area contributed by atoms with E-state index < -0.39 is 0 Å². The largest absolute Gasteiger partial charge is 0.307 e. The van der Waals surface area contributed by atoms with Gasteiger partial charge < -0.3 is 9.13 Å². The second-order valence-corrected chi connectivity index (χ2v) is 9.81. The van der Waals surface area contributed by atoms with Crippen LogP contribution in [0.2, 0.25) is 0 Å². The Bertz CT molecular complexity index is 2060. The Morgan fingerprint density at radius 1 is 0.316 bits per heavy atom. The van der Waals surface area contributed by atoms with Crippen LogP contribution in [0.15, 0.2) is 146 Å². The van der Waals surface area contributed by atoms with Crippen molar-refractivity contribution >= 4 is 43.6 Å². The van der Waals surface area contributed by atoms with Crippen LogP contribution in [0.3, 0.4) is 0 Å². The SMILES string of the molecule is c1ccc(-c2ccc(-n3c4ccccc4c4cccc(-n5c6ccccc6c6ccccc65)c43)cc2)cc1. The van der Waals surface area contributed by atoms with Gasteiger partial charge in [0.1, 0.15) is 0 Å². The highest BCUT2D eigenvalue weighted by atomic mass is 15.1. The minimum Gasteiger partial charge on any atom is -0.307 e. The van der Waals surface area contributed by atoms with Gasteiger partial charge in [-0.15, -0.1) is 0 Å². The van der Waals surface area contributed by atoms with E-state index in [1.807, 2.05) is 0 Å². The maximum absolute atomic E-state index is 2.43. The van der Waals surface area contributed by atoms with Crippen LogP contribution < -0.4 is 0 Å². The molecule has 0 radical (unpaired) electrons. The molecule has 0 atom stereocenters. The number of benzene rings is 6. The van der Waals surface area contributed by atoms with Crippen molar-refractivity contribution in [2.45, 2.75) is 0 Å². The number of para-hydroxylation sites is 4. The quantitative estimate of drug-likeness (QED) is 0.236. The summed E-state index contributed by atoms with van der Waals surface area (Å²) in [5.74, 6) is 0. The lowest BCUT2D eigenvalue weighted by atomic mass is 10.1. The summed E-state index contributed by atoms with van der Waals surface area (Å²) in [6.07, 6.45) is 0. The molecule has 2 heteroatoms. The number of hydrogen-bond donors (Lipinski definition) is 0. The minimum absolute atomic E-state index is 1.16. The highest BCUT2D eigenvalue weighted by Crippen LogP contribution is 2.39. The molecule has 0 saturated carbocycles. The van der Waals surface area contributed by atoms with Gasteiger partial charge in [-0.3, -0.25) is 0 Å². The number of aromatic nitrogens is 2. The van der Waals surface area contributed by atoms with Crippen LogP contribution in [0.5, 0.6) is 0 Å². The first-order chi connectivity index (χ1) is 18.9. The molecule has 6 aromatic carbocycles. The van der Waals surface area contributed by atoms with Crippen LogP contribution in [0.4, 0.5) is 0 Å². The number of fused-ring (bicyclic) bond motifs is 6. The van der Waals surface area contributed by atoms with E-state index in [1.165, 1.54) is 60.4 Å². The molecule has 0 aliphatic rings. The molecule has 0 spiro atoms. The van der Waals surface area contributed by atoms with Crippen molar-refractivity contribution in [3.63, 3.8) is 0 Å². The molecular formula is C36H24N2. The Balaban J connectivity index is 1.47. The van der Waals surface area contributed by atoms with Gasteiger partial charge in [0.2, 0.25) is 0 Å². The predicted octanol–water partition coefficient (Wildman–Crippen LogP) is 9.55. The van der Waals surface area contributed by atoms with Crippen molar-refractivity contribution in [2.24, 2.45) is 0 Å². The lowest BCUT2D eigenvalue weighted by Gasteiger charge is -2.14. The van der Waals surface area contributed by atoms with E-state index in [9.17, 15) is 0 Å². The van der Waals surface area contributed by atoms with Crippen LogP contribution in [-0.4, -0.2) is 9.13 Å². The molecule has 0 saturated heterocycles. The highest BCUT2D eigenvalue weighted by Gasteiger charge is 2.19. The van der Waals surface area contributed by atoms with Crippen LogP contribution >= 0.6 is 0 Å². The van der Waals surface area contributed by atoms with Gasteiger partial charge in [0.05, 0.1) is 27.8 Å². The van der Waals surface area contributed by atoms with E-state index in [4.69, 9.17) is 0 Å². The summed E-state index contributed by atoms with van der Waals surface area (Å²) in [5.41, 5.74) is 9.66. The van der Waals surface area contributed by atoms with Gasteiger partial charge in [0, 0.05) is 27.2 Å². The fourth-order valence-electron chi connectivity index (χ4n) is 6.06. The van der Waals surface area contributed by atoms with Gasteiger partial charge >= 0.3 is 0 Å². The molecule has 2 nitrogen and oxygen atoms in total. The molecule has 0 amide bonds. The summed E-state index contributed by atoms with van der Waals surface area (Å²) < 4.78 is 4.86. The Morgan fingerprint density at radius 3 is 1.42 bits per heavy atom. The highest BCUT2D eigenvalue weighted by molar-refractivity contribution is 6.15. The molecule has 0 aliphatic heterocycles. The van der Waals surface area contributed by atoms with E-state index in [-0.39, 0.29) is 0 Å². The molecule has 0 unspecified atom stereocenters. The van der Waals surface area contributed by atoms with E-state index >= 15 is 0 Å². The van der Waals surface area contributed by atoms with E-state index in [1.54, 1.807) is 0 Å². The third-order valence-electron chi connectivity index (χ3n) is 7.73. The van der Waals surface area contributed by atoms with Crippen molar-refractivity contribution in [1.82, 2.24) is 9.13 Å². The average molecular weight is 485 g/mol. The molecule has 8 rings (SSSR count). The first kappa shape index (κ1) is 21.0. The summed E-state index contributed by atoms with van der Waals surface area (Å²) in [7, 11) is 0. The van der Waals surface area contributed by atoms with Crippen molar-refractivity contribution in [3.8, 4) is 22.5 Å². The molecule has 0 bridgehead atoms. The number of hydrogen-bond acceptors (Lipinski definition) is 0. The lowest BCUT2D eigenvalue weighted by Crippen LogP contribution is -2.00. The molecule has 0 N–H and O–H groups in total. The van der Waals surface area contributed by atoms with Crippen molar-refractivity contribution in [1.29, 1.82) is 0 Å². The summed E-state index contributed by atoms with van der Waals surface area (Å²) in [6.45, 7) is 0. The Hall–Kier alpha value is -5.08. The summed E-state index contributed by atoms with van der Waals surface area (Å²) >= 11 is 0. The molecule has 178 valence electrons. The first-order valence-corrected chi connectivity index (χ1v) is 13.0. The number of rotatable bonds is 3. The van der Waals surface area contributed by atoms with Crippen molar-refractivity contribution in [2.75, 3.05) is 0 Å². The molecule has 0 fully saturated rings. The molecule has 8 aromatic rings. The molecule has 38 heavy (non-hydrogen) atoms. The molecular weight excluding hydrogens is 460 g/mol. The fraction of sp³-hybridized carbons (Fsp3) is 0. The van der Waals surface area contributed by atoms with E-state index in [0.29, 0.717) is 0 Å². The first-order valence-electron chi connectivity index (χ1n) is 13.0. The zero-order valence-electron chi connectivity index (χ0n) is 20.8. The van der Waals surface area contributed by atoms with Gasteiger partial charge in [0.15, 0.2) is 0 Å². The zero-order chi connectivity index (χ0) is 25.1. The lowest BCUT2D eigenvalue weighted by molar-refractivity contribution is 1.13. The van der Waals surface area contributed by atoms with Gasteiger partial charge in [-0.2, -0.15) is 0 Å². The van der Waals surface area contributed by atoms with Crippen LogP contribution in [-0.2, 0) is 0 Å². The van der Waals surface area contributed by atoms with Crippen molar-refractivity contribution in [3.05, 3.63) is 146 Å². The van der Waals surface area contributed by atoms with Crippen LogP contribution in [0, 0.1) is 0 Å². The normalized spacial score (nSPS) is 11.7. The number of nitrogens with zero attached hydrogens (tertiary/aromatic N) is 2. The van der Waals surface area contributed by atoms with Crippen molar-refractivity contribution < 1.29 is 0 Å². The molecule has 0 aliphatic carbocycles. The summed E-state index contributed by atoms with van der Waals surface area (Å²) in [4.78, 5) is 0. The Morgan fingerprint density at radius 2 is 0.789 bits per heavy atom.